The average molecular weight is 1490 g/mol. The molecule has 584 valence electrons. The molecule has 17 nitrogen and oxygen atoms in total. The molecule has 2 aliphatic rings. The maximum atomic E-state index is 16.3. The van der Waals surface area contributed by atoms with Gasteiger partial charge in [0, 0.05) is 24.2 Å². The third-order valence-electron chi connectivity index (χ3n) is 22.7. The Balaban J connectivity index is 1.17. The predicted octanol–water partition coefficient (Wildman–Crippen LogP) is 18.6. The number of aryl methyl sites for hydroxylation is 1. The number of esters is 3. The summed E-state index contributed by atoms with van der Waals surface area (Å²) in [7, 11) is 0. The van der Waals surface area contributed by atoms with Crippen molar-refractivity contribution in [2.24, 2.45) is 47.3 Å². The van der Waals surface area contributed by atoms with Crippen molar-refractivity contribution in [3.05, 3.63) is 209 Å². The van der Waals surface area contributed by atoms with E-state index in [1.54, 1.807) is 134 Å². The van der Waals surface area contributed by atoms with Crippen molar-refractivity contribution in [2.45, 2.75) is 219 Å². The molecule has 0 aliphatic carbocycles. The zero-order valence-corrected chi connectivity index (χ0v) is 64.7. The Bertz CT molecular complexity index is 3850. The summed E-state index contributed by atoms with van der Waals surface area (Å²) in [5.41, 5.74) is 3.99. The van der Waals surface area contributed by atoms with Gasteiger partial charge in [-0.1, -0.05) is 294 Å². The number of ether oxygens (including phenoxy) is 3. The number of imide groups is 1. The van der Waals surface area contributed by atoms with Crippen LogP contribution in [0.25, 0.3) is 0 Å². The number of nitrogens with zero attached hydrogens (tertiary/aromatic N) is 1. The number of carbonyl (C=O) groups excluding carboxylic acids is 8. The lowest BCUT2D eigenvalue weighted by molar-refractivity contribution is -0.160. The molecule has 0 radical (unpaired) electrons. The van der Waals surface area contributed by atoms with Gasteiger partial charge in [-0.3, -0.25) is 52.8 Å². The van der Waals surface area contributed by atoms with Crippen molar-refractivity contribution in [1.29, 1.82) is 0 Å². The van der Waals surface area contributed by atoms with E-state index in [0.29, 0.717) is 52.0 Å². The lowest BCUT2D eigenvalue weighted by Crippen LogP contribution is -2.44. The summed E-state index contributed by atoms with van der Waals surface area (Å²) in [6, 6.07) is 49.0. The van der Waals surface area contributed by atoms with E-state index in [9.17, 15) is 39.0 Å². The normalized spacial score (nSPS) is 17.9. The van der Waals surface area contributed by atoms with Gasteiger partial charge >= 0.3 is 29.8 Å². The van der Waals surface area contributed by atoms with Gasteiger partial charge in [-0.25, -0.2) is 0 Å². The Hall–Kier alpha value is -9.38. The number of cyclic esters (lactones) is 2. The number of carboxylic acid groups (broad SMARTS) is 2. The topological polar surface area (TPSA) is 254 Å². The Kier molecular flexibility index (Phi) is 35.1. The number of benzene rings is 6. The SMILES string of the molecule is CCCCCCCCCCCCNC(=O)C(C(CC(c1ccccc1)C1C(=O)OC(=O)C1C)C(=O)O)C(CC1C(=O)N(CCCCCCCCCCCC)C(=O)C1C(CC(C(=O)O)C(C(=O)OCCOc1ccc(C(=O)CC(=O)c2ccc(C)cc2)cc1)C(CC)c1ccccc1)c1ccccc1)c1ccccc1. The van der Waals surface area contributed by atoms with Crippen LogP contribution in [-0.2, 0) is 47.8 Å². The number of unbranched alkanes of at least 4 members (excludes halogenated alkanes) is 18. The minimum Gasteiger partial charge on any atom is -0.490 e. The zero-order valence-electron chi connectivity index (χ0n) is 64.7. The second-order valence-corrected chi connectivity index (χ2v) is 30.2. The number of Topliss-reactive ketones (excluding diaryl/α,β-unsaturated/α-hetero) is 2. The van der Waals surface area contributed by atoms with Crippen LogP contribution in [0.3, 0.4) is 0 Å². The monoisotopic (exact) mass is 1490 g/mol. The number of aliphatic carboxylic acids is 2. The number of amides is 3. The molecule has 0 saturated carbocycles. The number of rotatable bonds is 51. The Morgan fingerprint density at radius 1 is 0.477 bits per heavy atom. The van der Waals surface area contributed by atoms with Crippen LogP contribution in [0.15, 0.2) is 170 Å². The molecule has 6 aromatic carbocycles. The third-order valence-corrected chi connectivity index (χ3v) is 22.7. The summed E-state index contributed by atoms with van der Waals surface area (Å²) in [5.74, 6) is -21.7. The second-order valence-electron chi connectivity index (χ2n) is 30.2. The van der Waals surface area contributed by atoms with Gasteiger partial charge in [-0.15, -0.1) is 0 Å². The first-order chi connectivity index (χ1) is 52.9. The fraction of sp³-hybridized carbons (Fsp3) is 0.500. The van der Waals surface area contributed by atoms with Crippen LogP contribution in [0.4, 0.5) is 0 Å². The van der Waals surface area contributed by atoms with E-state index in [4.69, 9.17) is 14.2 Å². The molecule has 12 unspecified atom stereocenters. The van der Waals surface area contributed by atoms with E-state index in [0.717, 1.165) is 82.6 Å². The summed E-state index contributed by atoms with van der Waals surface area (Å²) < 4.78 is 17.4. The van der Waals surface area contributed by atoms with Gasteiger partial charge in [0.05, 0.1) is 53.8 Å². The standard InChI is InChI=1S/C92H116N2O15/c1-6-9-11-13-15-17-19-21-23-37-55-93-85(97)82(77(88(100)101)60-73(66-41-31-26-32-42-66)81-64(5)90(104)109-92(81)106)74(67-43-33-27-34-44-67)59-76-83(87(99)94(86(76)98)56-38-24-22-20-18-16-14-12-10-7-2)75(68-45-35-28-36-46-68)61-78(89(102)103)84(72(8-3)65-39-29-25-30-40-65)91(105)108-58-57-107-71-53-51-70(52-54-71)80(96)62-79(95)69-49-47-63(4)48-50-69/h25-36,39-54,64,72-78,81-84H,6-24,37-38,55-62H2,1-5H3,(H,93,97)(H,100,101)(H,102,103). The van der Waals surface area contributed by atoms with Gasteiger partial charge in [0.15, 0.2) is 11.6 Å². The van der Waals surface area contributed by atoms with E-state index < -0.39 is 119 Å². The van der Waals surface area contributed by atoms with E-state index in [2.05, 4.69) is 19.2 Å². The van der Waals surface area contributed by atoms with E-state index in [1.807, 2.05) is 56.3 Å². The summed E-state index contributed by atoms with van der Waals surface area (Å²) in [6.45, 7) is 9.52. The van der Waals surface area contributed by atoms with Crippen LogP contribution in [0.2, 0.25) is 0 Å². The Morgan fingerprint density at radius 2 is 0.908 bits per heavy atom. The van der Waals surface area contributed by atoms with Crippen LogP contribution in [0, 0.1) is 54.3 Å². The van der Waals surface area contributed by atoms with Crippen molar-refractivity contribution in [3.8, 4) is 5.75 Å². The van der Waals surface area contributed by atoms with E-state index in [-0.39, 0.29) is 70.0 Å². The molecular weight excluding hydrogens is 1370 g/mol. The van der Waals surface area contributed by atoms with Gasteiger partial charge < -0.3 is 29.7 Å². The summed E-state index contributed by atoms with van der Waals surface area (Å²) in [4.78, 5) is 148. The third kappa shape index (κ3) is 24.8. The van der Waals surface area contributed by atoms with Gasteiger partial charge in [-0.05, 0) is 116 Å². The molecule has 2 fully saturated rings. The van der Waals surface area contributed by atoms with Gasteiger partial charge in [0.25, 0.3) is 0 Å². The van der Waals surface area contributed by atoms with Gasteiger partial charge in [0.2, 0.25) is 17.7 Å². The quantitative estimate of drug-likeness (QED) is 0.0106. The number of carboxylic acids is 2. The number of hydrogen-bond acceptors (Lipinski definition) is 13. The second kappa shape index (κ2) is 44.9. The largest absolute Gasteiger partial charge is 0.490 e. The predicted molar refractivity (Wildman–Crippen MR) is 422 cm³/mol. The van der Waals surface area contributed by atoms with Crippen molar-refractivity contribution in [3.63, 3.8) is 0 Å². The molecular formula is C92H116N2O15. The smallest absolute Gasteiger partial charge is 0.318 e. The van der Waals surface area contributed by atoms with Crippen LogP contribution < -0.4 is 10.1 Å². The molecule has 8 rings (SSSR count). The van der Waals surface area contributed by atoms with Crippen LogP contribution in [-0.4, -0.2) is 101 Å². The minimum absolute atomic E-state index is 0.0510. The molecule has 0 spiro atoms. The average Bonchev–Trinajstić information content (AvgIpc) is 1.65. The first kappa shape index (κ1) is 85.2. The minimum atomic E-state index is -1.58. The lowest BCUT2D eigenvalue weighted by Gasteiger charge is -2.37. The van der Waals surface area contributed by atoms with Crippen LogP contribution in [0.1, 0.15) is 260 Å². The number of carbonyl (C=O) groups is 10. The molecule has 12 atom stereocenters. The Morgan fingerprint density at radius 3 is 1.37 bits per heavy atom. The zero-order chi connectivity index (χ0) is 78.0. The lowest BCUT2D eigenvalue weighted by atomic mass is 9.64. The molecule has 0 bridgehead atoms. The molecule has 2 aliphatic heterocycles. The fourth-order valence-electron chi connectivity index (χ4n) is 16.6. The molecule has 2 heterocycles. The molecule has 3 N–H and O–H groups in total. The number of nitrogens with one attached hydrogen (secondary N) is 1. The first-order valence-electron chi connectivity index (χ1n) is 40.4. The van der Waals surface area contributed by atoms with Crippen molar-refractivity contribution >= 4 is 59.1 Å². The molecule has 0 aromatic heterocycles. The molecule has 2 saturated heterocycles. The first-order valence-corrected chi connectivity index (χ1v) is 40.4. The summed E-state index contributed by atoms with van der Waals surface area (Å²) in [5, 5.41) is 27.1. The van der Waals surface area contributed by atoms with Crippen LogP contribution >= 0.6 is 0 Å². The Labute approximate surface area is 645 Å². The van der Waals surface area contributed by atoms with Crippen molar-refractivity contribution in [2.75, 3.05) is 26.3 Å². The molecule has 6 aromatic rings. The van der Waals surface area contributed by atoms with Crippen molar-refractivity contribution < 1.29 is 72.4 Å². The van der Waals surface area contributed by atoms with Gasteiger partial charge in [0.1, 0.15) is 19.0 Å². The highest BCUT2D eigenvalue weighted by Crippen LogP contribution is 2.51. The molecule has 109 heavy (non-hydrogen) atoms. The maximum Gasteiger partial charge on any atom is 0.318 e. The highest BCUT2D eigenvalue weighted by molar-refractivity contribution is 6.13. The summed E-state index contributed by atoms with van der Waals surface area (Å²) >= 11 is 0. The highest BCUT2D eigenvalue weighted by atomic mass is 16.6. The molecule has 17 heteroatoms. The maximum absolute atomic E-state index is 16.3. The van der Waals surface area contributed by atoms with Crippen molar-refractivity contribution in [1.82, 2.24) is 10.2 Å². The molecule has 3 amide bonds. The fourth-order valence-corrected chi connectivity index (χ4v) is 16.6. The number of likely N-dealkylation sites (tertiary alicyclic amines) is 1. The van der Waals surface area contributed by atoms with Gasteiger partial charge in [-0.2, -0.15) is 0 Å². The highest BCUT2D eigenvalue weighted by Gasteiger charge is 2.56. The van der Waals surface area contributed by atoms with E-state index in [1.165, 1.54) is 43.4 Å². The number of ketones is 2. The van der Waals surface area contributed by atoms with E-state index >= 15 is 19.2 Å². The summed E-state index contributed by atoms with van der Waals surface area (Å²) in [6.07, 6.45) is 19.4. The van der Waals surface area contributed by atoms with Crippen LogP contribution in [0.5, 0.6) is 5.75 Å². The number of hydrogen-bond donors (Lipinski definition) is 3.